The molecule has 0 aromatic heterocycles. The van der Waals surface area contributed by atoms with Crippen LogP contribution in [0.5, 0.6) is 0 Å². The summed E-state index contributed by atoms with van der Waals surface area (Å²) in [6, 6.07) is 0. The quantitative estimate of drug-likeness (QED) is 0.564. The lowest BCUT2D eigenvalue weighted by Gasteiger charge is -2.21. The number of likely N-dealkylation sites (N-methyl/N-ethyl adjacent to an activating group) is 1. The van der Waals surface area contributed by atoms with Gasteiger partial charge >= 0.3 is 0 Å². The molecule has 0 saturated heterocycles. The minimum absolute atomic E-state index is 0.148. The molecule has 60 valence electrons. The molecule has 0 fully saturated rings. The van der Waals surface area contributed by atoms with Crippen LogP contribution in [0.3, 0.4) is 0 Å². The van der Waals surface area contributed by atoms with E-state index in [-0.39, 0.29) is 6.61 Å². The molecule has 0 heterocycles. The highest BCUT2D eigenvalue weighted by molar-refractivity contribution is 7.80. The molecule has 0 atom stereocenters. The predicted octanol–water partition coefficient (Wildman–Crippen LogP) is -0.195. The first kappa shape index (κ1) is 9.65. The highest BCUT2D eigenvalue weighted by Crippen LogP contribution is 1.86. The predicted molar refractivity (Wildman–Crippen MR) is 46.0 cm³/mol. The number of hydrogen-bond donors (Lipinski definition) is 2. The number of nitrogens with one attached hydrogen (secondary N) is 1. The Kier molecular flexibility index (Phi) is 5.25. The van der Waals surface area contributed by atoms with E-state index in [1.807, 2.05) is 11.8 Å². The molecule has 0 aliphatic heterocycles. The van der Waals surface area contributed by atoms with Crippen molar-refractivity contribution in [2.45, 2.75) is 6.92 Å². The van der Waals surface area contributed by atoms with Gasteiger partial charge in [0.05, 0.1) is 6.61 Å². The lowest BCUT2D eigenvalue weighted by atomic mass is 10.5. The Balaban J connectivity index is 3.68. The van der Waals surface area contributed by atoms with Gasteiger partial charge in [-0.2, -0.15) is 0 Å². The van der Waals surface area contributed by atoms with Crippen LogP contribution in [-0.2, 0) is 0 Å². The highest BCUT2D eigenvalue weighted by Gasteiger charge is 2.02. The van der Waals surface area contributed by atoms with E-state index in [2.05, 4.69) is 5.32 Å². The van der Waals surface area contributed by atoms with Crippen molar-refractivity contribution in [3.05, 3.63) is 0 Å². The minimum Gasteiger partial charge on any atom is -0.395 e. The van der Waals surface area contributed by atoms with Crippen LogP contribution in [0.2, 0.25) is 0 Å². The van der Waals surface area contributed by atoms with Gasteiger partial charge in [0.1, 0.15) is 0 Å². The van der Waals surface area contributed by atoms with Crippen LogP contribution < -0.4 is 5.32 Å². The molecule has 0 aromatic carbocycles. The van der Waals surface area contributed by atoms with E-state index >= 15 is 0 Å². The summed E-state index contributed by atoms with van der Waals surface area (Å²) in [5.74, 6) is 0. The lowest BCUT2D eigenvalue weighted by molar-refractivity contribution is 0.252. The number of nitrogens with zero attached hydrogens (tertiary/aromatic N) is 1. The van der Waals surface area contributed by atoms with Crippen molar-refractivity contribution in [2.24, 2.45) is 0 Å². The Morgan fingerprint density at radius 1 is 1.70 bits per heavy atom. The van der Waals surface area contributed by atoms with E-state index < -0.39 is 0 Å². The summed E-state index contributed by atoms with van der Waals surface area (Å²) in [5, 5.41) is 12.1. The maximum Gasteiger partial charge on any atom is 0.168 e. The smallest absolute Gasteiger partial charge is 0.168 e. The van der Waals surface area contributed by atoms with Crippen molar-refractivity contribution in [1.29, 1.82) is 0 Å². The normalized spacial score (nSPS) is 9.10. The summed E-state index contributed by atoms with van der Waals surface area (Å²) in [6.45, 7) is 3.59. The number of hydrogen-bond acceptors (Lipinski definition) is 2. The first-order chi connectivity index (χ1) is 4.76. The Hall–Kier alpha value is -0.350. The second-order valence-electron chi connectivity index (χ2n) is 1.86. The van der Waals surface area contributed by atoms with E-state index in [0.29, 0.717) is 11.7 Å². The molecule has 0 rings (SSSR count). The molecule has 2 N–H and O–H groups in total. The molecule has 0 aromatic rings. The van der Waals surface area contributed by atoms with E-state index in [1.54, 1.807) is 7.05 Å². The molecule has 0 saturated carbocycles. The van der Waals surface area contributed by atoms with Gasteiger partial charge in [-0.1, -0.05) is 0 Å². The van der Waals surface area contributed by atoms with E-state index in [1.165, 1.54) is 0 Å². The van der Waals surface area contributed by atoms with Gasteiger partial charge in [-0.3, -0.25) is 0 Å². The van der Waals surface area contributed by atoms with E-state index in [9.17, 15) is 0 Å². The molecule has 0 aliphatic carbocycles. The van der Waals surface area contributed by atoms with Crippen LogP contribution in [0.25, 0.3) is 0 Å². The van der Waals surface area contributed by atoms with Gasteiger partial charge in [0.15, 0.2) is 5.11 Å². The summed E-state index contributed by atoms with van der Waals surface area (Å²) < 4.78 is 0. The zero-order chi connectivity index (χ0) is 7.98. The number of thiocarbonyl (C=S) groups is 1. The van der Waals surface area contributed by atoms with Gasteiger partial charge in [-0.05, 0) is 19.1 Å². The first-order valence-electron chi connectivity index (χ1n) is 3.33. The fourth-order valence-electron chi connectivity index (χ4n) is 0.682. The van der Waals surface area contributed by atoms with Gasteiger partial charge in [-0.25, -0.2) is 0 Å². The van der Waals surface area contributed by atoms with Crippen molar-refractivity contribution in [1.82, 2.24) is 10.2 Å². The lowest BCUT2D eigenvalue weighted by Crippen LogP contribution is -2.39. The van der Waals surface area contributed by atoms with Crippen LogP contribution >= 0.6 is 12.2 Å². The molecule has 10 heavy (non-hydrogen) atoms. The SMILES string of the molecule is CCN(CCO)C(=S)NC. The third kappa shape index (κ3) is 2.98. The van der Waals surface area contributed by atoms with Gasteiger partial charge in [0.25, 0.3) is 0 Å². The maximum absolute atomic E-state index is 8.58. The summed E-state index contributed by atoms with van der Waals surface area (Å²) in [5.41, 5.74) is 0. The molecule has 0 spiro atoms. The van der Waals surface area contributed by atoms with Crippen LogP contribution in [0.15, 0.2) is 0 Å². The average Bonchev–Trinajstić information content (AvgIpc) is 1.99. The monoisotopic (exact) mass is 162 g/mol. The van der Waals surface area contributed by atoms with Crippen molar-refractivity contribution >= 4 is 17.3 Å². The Morgan fingerprint density at radius 3 is 2.60 bits per heavy atom. The molecule has 3 nitrogen and oxygen atoms in total. The van der Waals surface area contributed by atoms with Crippen molar-refractivity contribution in [2.75, 3.05) is 26.7 Å². The maximum atomic E-state index is 8.58. The molecule has 0 bridgehead atoms. The Morgan fingerprint density at radius 2 is 2.30 bits per heavy atom. The summed E-state index contributed by atoms with van der Waals surface area (Å²) in [6.07, 6.45) is 0. The third-order valence-corrected chi connectivity index (χ3v) is 1.72. The molecular formula is C6H14N2OS. The first-order valence-corrected chi connectivity index (χ1v) is 3.74. The fraction of sp³-hybridized carbons (Fsp3) is 0.833. The second-order valence-corrected chi connectivity index (χ2v) is 2.25. The molecule has 0 aliphatic rings. The van der Waals surface area contributed by atoms with Crippen molar-refractivity contribution in [3.63, 3.8) is 0 Å². The van der Waals surface area contributed by atoms with Gasteiger partial charge < -0.3 is 15.3 Å². The van der Waals surface area contributed by atoms with E-state index in [4.69, 9.17) is 17.3 Å². The highest BCUT2D eigenvalue weighted by atomic mass is 32.1. The van der Waals surface area contributed by atoms with Gasteiger partial charge in [-0.15, -0.1) is 0 Å². The second kappa shape index (κ2) is 5.44. The minimum atomic E-state index is 0.148. The zero-order valence-corrected chi connectivity index (χ0v) is 7.24. The number of aliphatic hydroxyl groups excluding tert-OH is 1. The number of aliphatic hydroxyl groups is 1. The molecular weight excluding hydrogens is 148 g/mol. The van der Waals surface area contributed by atoms with Crippen LogP contribution in [0, 0.1) is 0 Å². The topological polar surface area (TPSA) is 35.5 Å². The van der Waals surface area contributed by atoms with Crippen molar-refractivity contribution in [3.8, 4) is 0 Å². The van der Waals surface area contributed by atoms with Gasteiger partial charge in [0, 0.05) is 20.1 Å². The Bertz CT molecular complexity index is 108. The third-order valence-electron chi connectivity index (χ3n) is 1.25. The van der Waals surface area contributed by atoms with Crippen molar-refractivity contribution < 1.29 is 5.11 Å². The largest absolute Gasteiger partial charge is 0.395 e. The van der Waals surface area contributed by atoms with Gasteiger partial charge in [0.2, 0.25) is 0 Å². The molecule has 4 heteroatoms. The fourth-order valence-corrected chi connectivity index (χ4v) is 0.902. The zero-order valence-electron chi connectivity index (χ0n) is 6.42. The van der Waals surface area contributed by atoms with Crippen LogP contribution in [0.1, 0.15) is 6.92 Å². The molecule has 0 unspecified atom stereocenters. The summed E-state index contributed by atoms with van der Waals surface area (Å²) >= 11 is 4.94. The van der Waals surface area contributed by atoms with Crippen LogP contribution in [0.4, 0.5) is 0 Å². The van der Waals surface area contributed by atoms with Crippen LogP contribution in [-0.4, -0.2) is 41.9 Å². The molecule has 0 amide bonds. The molecule has 0 radical (unpaired) electrons. The average molecular weight is 162 g/mol. The standard InChI is InChI=1S/C6H14N2OS/c1-3-8(4-5-9)6(10)7-2/h9H,3-5H2,1-2H3,(H,7,10). The van der Waals surface area contributed by atoms with E-state index in [0.717, 1.165) is 6.54 Å². The summed E-state index contributed by atoms with van der Waals surface area (Å²) in [4.78, 5) is 1.90. The summed E-state index contributed by atoms with van der Waals surface area (Å²) in [7, 11) is 1.78. The number of rotatable bonds is 3. The Labute approximate surface area is 67.0 Å².